The average Bonchev–Trinajstić information content (AvgIpc) is 3.16. The van der Waals surface area contributed by atoms with Crippen molar-refractivity contribution >= 4 is 11.6 Å². The third-order valence-electron chi connectivity index (χ3n) is 5.68. The molecular weight excluding hydrogens is 304 g/mol. The van der Waals surface area contributed by atoms with Crippen molar-refractivity contribution in [2.75, 3.05) is 37.0 Å². The standard InChI is InChI=1S/C18H30N4O2/c1-21(10-13-5-3-7-15(13)23)17-9-18(20-12-19-17)22(2)11-14-6-4-8-16(14)24/h9,12-16,23-24H,3-8,10-11H2,1-2H3/t13-,14-,15-,16-/m0/s1. The first-order valence-corrected chi connectivity index (χ1v) is 9.15. The lowest BCUT2D eigenvalue weighted by Gasteiger charge is -2.27. The van der Waals surface area contributed by atoms with Crippen LogP contribution in [0.25, 0.3) is 0 Å². The van der Waals surface area contributed by atoms with Crippen LogP contribution in [-0.4, -0.2) is 59.6 Å². The largest absolute Gasteiger partial charge is 0.393 e. The smallest absolute Gasteiger partial charge is 0.133 e. The van der Waals surface area contributed by atoms with Gasteiger partial charge in [-0.1, -0.05) is 12.8 Å². The molecule has 24 heavy (non-hydrogen) atoms. The van der Waals surface area contributed by atoms with E-state index in [0.29, 0.717) is 11.8 Å². The van der Waals surface area contributed by atoms with Crippen molar-refractivity contribution in [2.24, 2.45) is 11.8 Å². The summed E-state index contributed by atoms with van der Waals surface area (Å²) in [5.41, 5.74) is 0. The minimum Gasteiger partial charge on any atom is -0.393 e. The minimum absolute atomic E-state index is 0.180. The number of rotatable bonds is 6. The van der Waals surface area contributed by atoms with Crippen molar-refractivity contribution < 1.29 is 10.2 Å². The predicted molar refractivity (Wildman–Crippen MR) is 95.3 cm³/mol. The molecule has 2 fully saturated rings. The Bertz CT molecular complexity index is 498. The van der Waals surface area contributed by atoms with Crippen LogP contribution in [0.5, 0.6) is 0 Å². The van der Waals surface area contributed by atoms with Gasteiger partial charge in [-0.05, 0) is 25.7 Å². The van der Waals surface area contributed by atoms with E-state index in [1.165, 1.54) is 0 Å². The molecule has 6 heteroatoms. The zero-order chi connectivity index (χ0) is 17.1. The Morgan fingerprint density at radius 3 is 1.71 bits per heavy atom. The van der Waals surface area contributed by atoms with Crippen LogP contribution in [0.2, 0.25) is 0 Å². The second-order valence-corrected chi connectivity index (χ2v) is 7.51. The van der Waals surface area contributed by atoms with E-state index in [9.17, 15) is 10.2 Å². The molecule has 2 saturated carbocycles. The van der Waals surface area contributed by atoms with E-state index >= 15 is 0 Å². The summed E-state index contributed by atoms with van der Waals surface area (Å²) in [5, 5.41) is 20.0. The maximum atomic E-state index is 10.0. The lowest BCUT2D eigenvalue weighted by Crippen LogP contribution is -2.32. The summed E-state index contributed by atoms with van der Waals surface area (Å²) >= 11 is 0. The molecule has 2 aliphatic rings. The van der Waals surface area contributed by atoms with Crippen LogP contribution in [0.15, 0.2) is 12.4 Å². The normalized spacial score (nSPS) is 29.8. The molecule has 0 saturated heterocycles. The minimum atomic E-state index is -0.180. The van der Waals surface area contributed by atoms with Crippen LogP contribution in [0.1, 0.15) is 38.5 Å². The van der Waals surface area contributed by atoms with Gasteiger partial charge in [-0.2, -0.15) is 0 Å². The molecule has 4 atom stereocenters. The Morgan fingerprint density at radius 2 is 1.33 bits per heavy atom. The molecule has 0 spiro atoms. The third-order valence-corrected chi connectivity index (χ3v) is 5.68. The van der Waals surface area contributed by atoms with E-state index in [1.54, 1.807) is 6.33 Å². The molecule has 0 bridgehead atoms. The van der Waals surface area contributed by atoms with E-state index in [1.807, 2.05) is 20.2 Å². The fraction of sp³-hybridized carbons (Fsp3) is 0.778. The lowest BCUT2D eigenvalue weighted by atomic mass is 10.1. The summed E-state index contributed by atoms with van der Waals surface area (Å²) in [7, 11) is 4.05. The van der Waals surface area contributed by atoms with Crippen LogP contribution >= 0.6 is 0 Å². The molecule has 0 aromatic carbocycles. The van der Waals surface area contributed by atoms with Crippen molar-refractivity contribution in [2.45, 2.75) is 50.7 Å². The maximum absolute atomic E-state index is 10.0. The number of aliphatic hydroxyl groups is 2. The Balaban J connectivity index is 1.62. The van der Waals surface area contributed by atoms with Crippen molar-refractivity contribution in [1.29, 1.82) is 0 Å². The topological polar surface area (TPSA) is 72.7 Å². The zero-order valence-electron chi connectivity index (χ0n) is 14.8. The summed E-state index contributed by atoms with van der Waals surface area (Å²) in [5.74, 6) is 2.44. The highest BCUT2D eigenvalue weighted by Crippen LogP contribution is 2.29. The molecule has 0 unspecified atom stereocenters. The SMILES string of the molecule is CN(C[C@@H]1CCC[C@@H]1O)c1cc(N(C)C[C@@H]2CCC[C@@H]2O)ncn1. The Hall–Kier alpha value is -1.40. The fourth-order valence-electron chi connectivity index (χ4n) is 4.11. The number of hydrogen-bond acceptors (Lipinski definition) is 6. The van der Waals surface area contributed by atoms with Gasteiger partial charge in [0, 0.05) is 45.1 Å². The molecule has 0 aliphatic heterocycles. The summed E-state index contributed by atoms with van der Waals surface area (Å²) < 4.78 is 0. The molecule has 0 radical (unpaired) electrons. The summed E-state index contributed by atoms with van der Waals surface area (Å²) in [6, 6.07) is 2.00. The first kappa shape index (κ1) is 17.4. The number of nitrogens with zero attached hydrogens (tertiary/aromatic N) is 4. The van der Waals surface area contributed by atoms with Crippen LogP contribution < -0.4 is 9.80 Å². The monoisotopic (exact) mass is 334 g/mol. The zero-order valence-corrected chi connectivity index (χ0v) is 14.8. The van der Waals surface area contributed by atoms with E-state index in [0.717, 1.165) is 63.3 Å². The van der Waals surface area contributed by atoms with Crippen LogP contribution in [-0.2, 0) is 0 Å². The first-order chi connectivity index (χ1) is 11.5. The summed E-state index contributed by atoms with van der Waals surface area (Å²) in [4.78, 5) is 13.0. The van der Waals surface area contributed by atoms with Crippen LogP contribution in [0.3, 0.4) is 0 Å². The molecule has 0 amide bonds. The van der Waals surface area contributed by atoms with Gasteiger partial charge >= 0.3 is 0 Å². The van der Waals surface area contributed by atoms with Gasteiger partial charge in [0.2, 0.25) is 0 Å². The second kappa shape index (κ2) is 7.66. The van der Waals surface area contributed by atoms with E-state index in [2.05, 4.69) is 19.8 Å². The van der Waals surface area contributed by atoms with Gasteiger partial charge in [0.25, 0.3) is 0 Å². The Morgan fingerprint density at radius 1 is 0.875 bits per heavy atom. The van der Waals surface area contributed by atoms with Gasteiger partial charge in [0.1, 0.15) is 18.0 Å². The average molecular weight is 334 g/mol. The number of aromatic nitrogens is 2. The predicted octanol–water partition coefficient (Wildman–Crippen LogP) is 1.67. The fourth-order valence-corrected chi connectivity index (χ4v) is 4.11. The van der Waals surface area contributed by atoms with E-state index in [4.69, 9.17) is 0 Å². The van der Waals surface area contributed by atoms with Gasteiger partial charge in [-0.15, -0.1) is 0 Å². The quantitative estimate of drug-likeness (QED) is 0.824. The lowest BCUT2D eigenvalue weighted by molar-refractivity contribution is 0.135. The van der Waals surface area contributed by atoms with Crippen molar-refractivity contribution in [1.82, 2.24) is 9.97 Å². The van der Waals surface area contributed by atoms with Crippen molar-refractivity contribution in [3.05, 3.63) is 12.4 Å². The van der Waals surface area contributed by atoms with E-state index in [-0.39, 0.29) is 12.2 Å². The molecular formula is C18H30N4O2. The van der Waals surface area contributed by atoms with E-state index < -0.39 is 0 Å². The van der Waals surface area contributed by atoms with Gasteiger partial charge in [-0.3, -0.25) is 0 Å². The first-order valence-electron chi connectivity index (χ1n) is 9.15. The van der Waals surface area contributed by atoms with Crippen LogP contribution in [0.4, 0.5) is 11.6 Å². The molecule has 2 aliphatic carbocycles. The van der Waals surface area contributed by atoms with Gasteiger partial charge < -0.3 is 20.0 Å². The van der Waals surface area contributed by atoms with Crippen LogP contribution in [0, 0.1) is 11.8 Å². The highest BCUT2D eigenvalue weighted by atomic mass is 16.3. The number of anilines is 2. The second-order valence-electron chi connectivity index (χ2n) is 7.51. The Kier molecular flexibility index (Phi) is 5.56. The highest BCUT2D eigenvalue weighted by Gasteiger charge is 2.28. The molecule has 1 aromatic heterocycles. The van der Waals surface area contributed by atoms with Crippen molar-refractivity contribution in [3.63, 3.8) is 0 Å². The summed E-state index contributed by atoms with van der Waals surface area (Å²) in [6.07, 6.45) is 7.47. The summed E-state index contributed by atoms with van der Waals surface area (Å²) in [6.45, 7) is 1.64. The molecule has 3 rings (SSSR count). The highest BCUT2D eigenvalue weighted by molar-refractivity contribution is 5.49. The molecule has 1 heterocycles. The Labute approximate surface area is 144 Å². The molecule has 134 valence electrons. The number of hydrogen-bond donors (Lipinski definition) is 2. The van der Waals surface area contributed by atoms with Gasteiger partial charge in [0.05, 0.1) is 12.2 Å². The molecule has 2 N–H and O–H groups in total. The van der Waals surface area contributed by atoms with Gasteiger partial charge in [-0.25, -0.2) is 9.97 Å². The van der Waals surface area contributed by atoms with Gasteiger partial charge in [0.15, 0.2) is 0 Å². The molecule has 6 nitrogen and oxygen atoms in total. The number of aliphatic hydroxyl groups excluding tert-OH is 2. The third kappa shape index (κ3) is 3.98. The molecule has 1 aromatic rings. The van der Waals surface area contributed by atoms with Crippen molar-refractivity contribution in [3.8, 4) is 0 Å². The maximum Gasteiger partial charge on any atom is 0.133 e.